The van der Waals surface area contributed by atoms with Crippen LogP contribution in [-0.4, -0.2) is 4.98 Å². The molecule has 0 aliphatic rings. The van der Waals surface area contributed by atoms with Crippen molar-refractivity contribution in [1.29, 1.82) is 0 Å². The van der Waals surface area contributed by atoms with Crippen LogP contribution in [0.1, 0.15) is 11.5 Å². The molecule has 118 valence electrons. The van der Waals surface area contributed by atoms with E-state index in [9.17, 15) is 0 Å². The Kier molecular flexibility index (Phi) is 4.14. The number of rotatable bonds is 2. The van der Waals surface area contributed by atoms with Crippen molar-refractivity contribution in [3.8, 4) is 34.3 Å². The lowest BCUT2D eigenvalue weighted by molar-refractivity contribution is 0.557. The summed E-state index contributed by atoms with van der Waals surface area (Å²) in [5, 5.41) is 0. The molecular formula is C23H15NO. The normalized spacial score (nSPS) is 10.1. The Morgan fingerprint density at radius 1 is 0.600 bits per heavy atom. The van der Waals surface area contributed by atoms with E-state index in [-0.39, 0.29) is 0 Å². The smallest absolute Gasteiger partial charge is 0.274 e. The van der Waals surface area contributed by atoms with Gasteiger partial charge in [-0.15, -0.1) is 0 Å². The SMILES string of the molecule is C(#Cc1ncc(-c2ccccc2)o1)c1ccc(-c2ccccc2)cc1. The van der Waals surface area contributed by atoms with E-state index < -0.39 is 0 Å². The van der Waals surface area contributed by atoms with Gasteiger partial charge < -0.3 is 4.42 Å². The van der Waals surface area contributed by atoms with E-state index in [0.29, 0.717) is 5.89 Å². The third-order valence-electron chi connectivity index (χ3n) is 3.87. The molecule has 0 spiro atoms. The Hall–Kier alpha value is -3.57. The number of nitrogens with zero attached hydrogens (tertiary/aromatic N) is 1. The second-order valence-corrected chi connectivity index (χ2v) is 5.59. The first-order valence-electron chi connectivity index (χ1n) is 8.07. The number of hydrogen-bond acceptors (Lipinski definition) is 2. The van der Waals surface area contributed by atoms with Crippen molar-refractivity contribution in [3.05, 3.63) is 103 Å². The topological polar surface area (TPSA) is 26.0 Å². The van der Waals surface area contributed by atoms with Gasteiger partial charge in [0.25, 0.3) is 5.89 Å². The monoisotopic (exact) mass is 321 g/mol. The minimum absolute atomic E-state index is 0.422. The van der Waals surface area contributed by atoms with Crippen molar-refractivity contribution in [3.63, 3.8) is 0 Å². The molecule has 0 N–H and O–H groups in total. The number of hydrogen-bond donors (Lipinski definition) is 0. The van der Waals surface area contributed by atoms with E-state index in [2.05, 4.69) is 41.1 Å². The van der Waals surface area contributed by atoms with Crippen molar-refractivity contribution in [2.45, 2.75) is 0 Å². The second-order valence-electron chi connectivity index (χ2n) is 5.59. The zero-order valence-electron chi connectivity index (χ0n) is 13.5. The van der Waals surface area contributed by atoms with E-state index in [1.165, 1.54) is 11.1 Å². The summed E-state index contributed by atoms with van der Waals surface area (Å²) in [4.78, 5) is 4.23. The zero-order chi connectivity index (χ0) is 16.9. The standard InChI is InChI=1S/C23H15NO/c1-3-7-19(8-4-1)20-14-11-18(12-15-20)13-16-23-24-17-22(25-23)21-9-5-2-6-10-21/h1-12,14-15,17H. The van der Waals surface area contributed by atoms with Crippen molar-refractivity contribution >= 4 is 0 Å². The minimum Gasteiger partial charge on any atom is -0.430 e. The first-order chi connectivity index (χ1) is 12.4. The van der Waals surface area contributed by atoms with Crippen molar-refractivity contribution in [1.82, 2.24) is 4.98 Å². The Bertz CT molecular complexity index is 1020. The molecular weight excluding hydrogens is 306 g/mol. The van der Waals surface area contributed by atoms with Gasteiger partial charge >= 0.3 is 0 Å². The third-order valence-corrected chi connectivity index (χ3v) is 3.87. The Balaban J connectivity index is 1.53. The van der Waals surface area contributed by atoms with Crippen LogP contribution in [0.5, 0.6) is 0 Å². The van der Waals surface area contributed by atoms with Crippen LogP contribution in [-0.2, 0) is 0 Å². The van der Waals surface area contributed by atoms with E-state index in [1.54, 1.807) is 6.20 Å². The van der Waals surface area contributed by atoms with Crippen molar-refractivity contribution < 1.29 is 4.42 Å². The van der Waals surface area contributed by atoms with Crippen LogP contribution >= 0.6 is 0 Å². The highest BCUT2D eigenvalue weighted by atomic mass is 16.4. The summed E-state index contributed by atoms with van der Waals surface area (Å²) in [6, 6.07) is 28.3. The van der Waals surface area contributed by atoms with Gasteiger partial charge in [0.2, 0.25) is 0 Å². The summed E-state index contributed by atoms with van der Waals surface area (Å²) in [5.41, 5.74) is 4.30. The molecule has 4 rings (SSSR count). The predicted molar refractivity (Wildman–Crippen MR) is 99.8 cm³/mol. The highest BCUT2D eigenvalue weighted by Gasteiger charge is 2.03. The molecule has 2 heteroatoms. The third kappa shape index (κ3) is 3.52. The fourth-order valence-corrected chi connectivity index (χ4v) is 2.57. The molecule has 0 unspecified atom stereocenters. The van der Waals surface area contributed by atoms with E-state index in [1.807, 2.05) is 60.7 Å². The first kappa shape index (κ1) is 15.0. The summed E-state index contributed by atoms with van der Waals surface area (Å²) in [5.74, 6) is 7.23. The van der Waals surface area contributed by atoms with Gasteiger partial charge in [0.15, 0.2) is 5.76 Å². The Morgan fingerprint density at radius 3 is 1.88 bits per heavy atom. The van der Waals surface area contributed by atoms with Gasteiger partial charge in [-0.25, -0.2) is 4.98 Å². The average molecular weight is 321 g/mol. The summed E-state index contributed by atoms with van der Waals surface area (Å²) >= 11 is 0. The van der Waals surface area contributed by atoms with Gasteiger partial charge in [0.05, 0.1) is 6.20 Å². The second kappa shape index (κ2) is 6.90. The van der Waals surface area contributed by atoms with Gasteiger partial charge in [0.1, 0.15) is 0 Å². The lowest BCUT2D eigenvalue weighted by Gasteiger charge is -2.00. The van der Waals surface area contributed by atoms with Gasteiger partial charge in [-0.3, -0.25) is 0 Å². The largest absolute Gasteiger partial charge is 0.430 e. The molecule has 0 atom stereocenters. The summed E-state index contributed by atoms with van der Waals surface area (Å²) in [6.45, 7) is 0. The number of benzene rings is 3. The molecule has 0 radical (unpaired) electrons. The van der Waals surface area contributed by atoms with Crippen molar-refractivity contribution in [2.75, 3.05) is 0 Å². The van der Waals surface area contributed by atoms with Crippen LogP contribution in [0.25, 0.3) is 22.5 Å². The number of oxazole rings is 1. The molecule has 4 aromatic rings. The quantitative estimate of drug-likeness (QED) is 0.461. The van der Waals surface area contributed by atoms with Crippen LogP contribution in [0, 0.1) is 11.8 Å². The highest BCUT2D eigenvalue weighted by molar-refractivity contribution is 5.64. The zero-order valence-corrected chi connectivity index (χ0v) is 13.5. The van der Waals surface area contributed by atoms with Gasteiger partial charge in [-0.1, -0.05) is 78.7 Å². The van der Waals surface area contributed by atoms with Gasteiger partial charge in [0, 0.05) is 11.1 Å². The van der Waals surface area contributed by atoms with Crippen LogP contribution in [0.4, 0.5) is 0 Å². The maximum Gasteiger partial charge on any atom is 0.274 e. The van der Waals surface area contributed by atoms with Crippen LogP contribution < -0.4 is 0 Å². The molecule has 0 aliphatic heterocycles. The van der Waals surface area contributed by atoms with Crippen molar-refractivity contribution in [2.24, 2.45) is 0 Å². The summed E-state index contributed by atoms with van der Waals surface area (Å²) in [6.07, 6.45) is 1.71. The molecule has 0 fully saturated rings. The Labute approximate surface area is 146 Å². The fourth-order valence-electron chi connectivity index (χ4n) is 2.57. The molecule has 0 saturated carbocycles. The lowest BCUT2D eigenvalue weighted by Crippen LogP contribution is -1.79. The summed E-state index contributed by atoms with van der Waals surface area (Å²) in [7, 11) is 0. The minimum atomic E-state index is 0.422. The maximum atomic E-state index is 5.70. The van der Waals surface area contributed by atoms with Gasteiger partial charge in [-0.05, 0) is 29.2 Å². The molecule has 0 saturated heterocycles. The molecule has 1 aromatic heterocycles. The molecule has 0 aliphatic carbocycles. The fraction of sp³-hybridized carbons (Fsp3) is 0. The molecule has 0 amide bonds. The van der Waals surface area contributed by atoms with Crippen LogP contribution in [0.2, 0.25) is 0 Å². The molecule has 1 heterocycles. The summed E-state index contributed by atoms with van der Waals surface area (Å²) < 4.78 is 5.70. The first-order valence-corrected chi connectivity index (χ1v) is 8.07. The van der Waals surface area contributed by atoms with E-state index >= 15 is 0 Å². The molecule has 3 aromatic carbocycles. The van der Waals surface area contributed by atoms with Gasteiger partial charge in [-0.2, -0.15) is 0 Å². The van der Waals surface area contributed by atoms with E-state index in [4.69, 9.17) is 4.42 Å². The average Bonchev–Trinajstić information content (AvgIpc) is 3.17. The molecule has 2 nitrogen and oxygen atoms in total. The maximum absolute atomic E-state index is 5.70. The van der Waals surface area contributed by atoms with Crippen LogP contribution in [0.3, 0.4) is 0 Å². The highest BCUT2D eigenvalue weighted by Crippen LogP contribution is 2.20. The lowest BCUT2D eigenvalue weighted by atomic mass is 10.0. The predicted octanol–water partition coefficient (Wildman–Crippen LogP) is 5.41. The number of aromatic nitrogens is 1. The molecule has 25 heavy (non-hydrogen) atoms. The van der Waals surface area contributed by atoms with E-state index in [0.717, 1.165) is 16.9 Å². The van der Waals surface area contributed by atoms with Crippen LogP contribution in [0.15, 0.2) is 95.5 Å². The Morgan fingerprint density at radius 2 is 1.20 bits per heavy atom. The molecule has 0 bridgehead atoms.